The van der Waals surface area contributed by atoms with Crippen molar-refractivity contribution >= 4 is 43.6 Å². The molecule has 0 aliphatic heterocycles. The normalized spacial score (nSPS) is 12.1. The maximum Gasteiger partial charge on any atom is 0.417 e. The van der Waals surface area contributed by atoms with Gasteiger partial charge in [0.25, 0.3) is 0 Å². The number of hydrogen-bond acceptors (Lipinski definition) is 2. The third-order valence-corrected chi connectivity index (χ3v) is 13.1. The number of para-hydroxylation sites is 2. The van der Waals surface area contributed by atoms with E-state index in [0.29, 0.717) is 27.8 Å². The van der Waals surface area contributed by atoms with Crippen LogP contribution in [0.1, 0.15) is 11.1 Å². The molecule has 0 amide bonds. The Balaban J connectivity index is 1.15. The fourth-order valence-electron chi connectivity index (χ4n) is 9.78. The average Bonchev–Trinajstić information content (AvgIpc) is 3.90. The van der Waals surface area contributed by atoms with Crippen molar-refractivity contribution in [3.8, 4) is 67.3 Å². The lowest BCUT2D eigenvalue weighted by Crippen LogP contribution is -2.12. The molecule has 12 aromatic rings. The van der Waals surface area contributed by atoms with Crippen molar-refractivity contribution in [2.45, 2.75) is 12.4 Å². The Hall–Kier alpha value is -8.76. The minimum absolute atomic E-state index is 0.172. The van der Waals surface area contributed by atoms with Crippen LogP contribution in [0.5, 0.6) is 0 Å². The quantitative estimate of drug-likeness (QED) is 0.149. The van der Waals surface area contributed by atoms with Gasteiger partial charge < -0.3 is 9.13 Å². The van der Waals surface area contributed by atoms with E-state index >= 15 is 13.2 Å². The molecular formula is C60H36F6N4. The van der Waals surface area contributed by atoms with E-state index in [1.807, 2.05) is 179 Å². The third-order valence-electron chi connectivity index (χ3n) is 13.1. The molecule has 0 saturated heterocycles. The average molecular weight is 927 g/mol. The van der Waals surface area contributed by atoms with Crippen LogP contribution in [0.25, 0.3) is 111 Å². The number of alkyl halides is 6. The number of rotatable bonds is 7. The van der Waals surface area contributed by atoms with Gasteiger partial charge in [-0.3, -0.25) is 9.97 Å². The Morgan fingerprint density at radius 1 is 0.314 bits per heavy atom. The number of nitrogens with zero attached hydrogens (tertiary/aromatic N) is 4. The van der Waals surface area contributed by atoms with Crippen molar-refractivity contribution in [1.82, 2.24) is 19.1 Å². The zero-order valence-electron chi connectivity index (χ0n) is 36.8. The molecule has 0 spiro atoms. The molecule has 0 atom stereocenters. The van der Waals surface area contributed by atoms with Crippen molar-refractivity contribution in [2.75, 3.05) is 0 Å². The van der Waals surface area contributed by atoms with Crippen molar-refractivity contribution in [2.24, 2.45) is 0 Å². The fraction of sp³-hybridized carbons (Fsp3) is 0.0333. The predicted molar refractivity (Wildman–Crippen MR) is 268 cm³/mol. The number of fused-ring (bicyclic) bond motifs is 6. The number of halogens is 6. The van der Waals surface area contributed by atoms with Gasteiger partial charge in [0.15, 0.2) is 0 Å². The van der Waals surface area contributed by atoms with E-state index in [1.54, 1.807) is 12.4 Å². The minimum Gasteiger partial charge on any atom is -0.307 e. The highest BCUT2D eigenvalue weighted by molar-refractivity contribution is 6.13. The molecule has 4 aromatic heterocycles. The summed E-state index contributed by atoms with van der Waals surface area (Å²) >= 11 is 0. The van der Waals surface area contributed by atoms with E-state index in [2.05, 4.69) is 0 Å². The van der Waals surface area contributed by atoms with Gasteiger partial charge in [0.05, 0.1) is 56.0 Å². The fourth-order valence-corrected chi connectivity index (χ4v) is 9.78. The zero-order chi connectivity index (χ0) is 47.7. The third kappa shape index (κ3) is 7.36. The maximum absolute atomic E-state index is 15.9. The summed E-state index contributed by atoms with van der Waals surface area (Å²) in [6.45, 7) is 0. The highest BCUT2D eigenvalue weighted by Gasteiger charge is 2.37. The molecule has 4 nitrogen and oxygen atoms in total. The molecule has 0 N–H and O–H groups in total. The van der Waals surface area contributed by atoms with E-state index in [4.69, 9.17) is 9.97 Å². The van der Waals surface area contributed by atoms with Gasteiger partial charge in [-0.05, 0) is 82.9 Å². The largest absolute Gasteiger partial charge is 0.417 e. The zero-order valence-corrected chi connectivity index (χ0v) is 36.8. The van der Waals surface area contributed by atoms with Gasteiger partial charge in [-0.25, -0.2) is 0 Å². The van der Waals surface area contributed by atoms with Gasteiger partial charge in [-0.2, -0.15) is 26.3 Å². The summed E-state index contributed by atoms with van der Waals surface area (Å²) in [6.07, 6.45) is -6.20. The van der Waals surface area contributed by atoms with Gasteiger partial charge in [0.2, 0.25) is 0 Å². The summed E-state index contributed by atoms with van der Waals surface area (Å²) in [6, 6.07) is 61.1. The van der Waals surface area contributed by atoms with Crippen LogP contribution in [-0.4, -0.2) is 19.1 Å². The van der Waals surface area contributed by atoms with Crippen LogP contribution in [0.15, 0.2) is 219 Å². The van der Waals surface area contributed by atoms with Crippen LogP contribution in [0, 0.1) is 0 Å². The first-order chi connectivity index (χ1) is 34.0. The Bertz CT molecular complexity index is 3950. The predicted octanol–water partition coefficient (Wildman–Crippen LogP) is 17.0. The number of benzene rings is 8. The lowest BCUT2D eigenvalue weighted by atomic mass is 9.95. The SMILES string of the molecule is FC(F)(F)c1cccc(-c2cc(-n3c4ccccc4c4ccc(-c5ccc(-c6ccccc6)nc5)cc43)c(-n3c4ccccc4c4ccc(-c5ccc(-c6ccccc6)nc5)cc43)cc2C(F)(F)F)c1. The summed E-state index contributed by atoms with van der Waals surface area (Å²) < 4.78 is 94.3. The summed E-state index contributed by atoms with van der Waals surface area (Å²) in [5.74, 6) is 0. The Labute approximate surface area is 397 Å². The van der Waals surface area contributed by atoms with Crippen molar-refractivity contribution < 1.29 is 26.3 Å². The molecule has 8 aromatic carbocycles. The van der Waals surface area contributed by atoms with Crippen LogP contribution in [0.4, 0.5) is 26.3 Å². The van der Waals surface area contributed by atoms with E-state index < -0.39 is 29.0 Å². The molecule has 4 heterocycles. The topological polar surface area (TPSA) is 35.6 Å². The monoisotopic (exact) mass is 926 g/mol. The maximum atomic E-state index is 15.9. The van der Waals surface area contributed by atoms with Crippen LogP contribution < -0.4 is 0 Å². The highest BCUT2D eigenvalue weighted by Crippen LogP contribution is 2.46. The van der Waals surface area contributed by atoms with Crippen LogP contribution >= 0.6 is 0 Å². The van der Waals surface area contributed by atoms with E-state index in [-0.39, 0.29) is 11.3 Å². The molecule has 0 aliphatic carbocycles. The Kier molecular flexibility index (Phi) is 10.0. The Morgan fingerprint density at radius 3 is 1.23 bits per heavy atom. The molecule has 12 rings (SSSR count). The van der Waals surface area contributed by atoms with Crippen LogP contribution in [-0.2, 0) is 12.4 Å². The first kappa shape index (κ1) is 42.6. The smallest absolute Gasteiger partial charge is 0.307 e. The first-order valence-electron chi connectivity index (χ1n) is 22.5. The molecule has 0 unspecified atom stereocenters. The van der Waals surface area contributed by atoms with E-state index in [9.17, 15) is 13.2 Å². The number of pyridine rings is 2. The molecule has 10 heteroatoms. The van der Waals surface area contributed by atoms with E-state index in [1.165, 1.54) is 12.1 Å². The van der Waals surface area contributed by atoms with Gasteiger partial charge in [-0.1, -0.05) is 146 Å². The molecule has 338 valence electrons. The molecule has 70 heavy (non-hydrogen) atoms. The molecule has 0 fully saturated rings. The lowest BCUT2D eigenvalue weighted by molar-refractivity contribution is -0.137. The molecule has 0 bridgehead atoms. The van der Waals surface area contributed by atoms with Gasteiger partial charge >= 0.3 is 12.4 Å². The number of hydrogen-bond donors (Lipinski definition) is 0. The second kappa shape index (κ2) is 16.5. The Morgan fingerprint density at radius 2 is 0.757 bits per heavy atom. The number of aromatic nitrogens is 4. The minimum atomic E-state index is -4.99. The van der Waals surface area contributed by atoms with Crippen molar-refractivity contribution in [1.29, 1.82) is 0 Å². The first-order valence-corrected chi connectivity index (χ1v) is 22.5. The molecule has 0 saturated carbocycles. The lowest BCUT2D eigenvalue weighted by Gasteiger charge is -2.22. The van der Waals surface area contributed by atoms with Crippen LogP contribution in [0.3, 0.4) is 0 Å². The standard InChI is InChI=1S/C60H36F6N4/c61-59(62,63)44-17-11-16-41(30-44)49-33-57(69-53-20-9-7-18-45(53)47-26-22-39(31-55(47)69)42-24-28-51(67-35-42)37-12-3-1-4-13-37)58(34-50(49)60(64,65)66)70-54-21-10-8-19-46(54)48-27-23-40(32-56(48)70)43-25-29-52(68-36-43)38-14-5-2-6-15-38/h1-36H. The highest BCUT2D eigenvalue weighted by atomic mass is 19.4. The van der Waals surface area contributed by atoms with Crippen LogP contribution in [0.2, 0.25) is 0 Å². The molecule has 0 aliphatic rings. The summed E-state index contributed by atoms with van der Waals surface area (Å²) in [4.78, 5) is 9.55. The second-order valence-electron chi connectivity index (χ2n) is 17.2. The van der Waals surface area contributed by atoms with Gasteiger partial charge in [0.1, 0.15) is 0 Å². The van der Waals surface area contributed by atoms with Crippen molar-refractivity contribution in [3.05, 3.63) is 230 Å². The van der Waals surface area contributed by atoms with Crippen molar-refractivity contribution in [3.63, 3.8) is 0 Å². The second-order valence-corrected chi connectivity index (χ2v) is 17.2. The summed E-state index contributed by atoms with van der Waals surface area (Å²) in [7, 11) is 0. The van der Waals surface area contributed by atoms with Gasteiger partial charge in [0, 0.05) is 56.2 Å². The summed E-state index contributed by atoms with van der Waals surface area (Å²) in [5, 5.41) is 3.27. The van der Waals surface area contributed by atoms with E-state index in [0.717, 1.165) is 90.6 Å². The molecular weight excluding hydrogens is 891 g/mol. The molecule has 0 radical (unpaired) electrons. The van der Waals surface area contributed by atoms with Gasteiger partial charge in [-0.15, -0.1) is 0 Å². The summed E-state index contributed by atoms with van der Waals surface area (Å²) in [5.41, 5.74) is 7.08.